The molecule has 2 aromatic rings. The first-order valence-corrected chi connectivity index (χ1v) is 7.05. The van der Waals surface area contributed by atoms with E-state index in [-0.39, 0.29) is 5.75 Å². The molecule has 0 atom stereocenters. The van der Waals surface area contributed by atoms with Crippen molar-refractivity contribution in [3.63, 3.8) is 0 Å². The molecule has 1 aliphatic rings. The molecule has 23 heavy (non-hydrogen) atoms. The molecule has 0 bridgehead atoms. The molecule has 0 aliphatic carbocycles. The molecule has 1 aromatic heterocycles. The second kappa shape index (κ2) is 6.30. The maximum absolute atomic E-state index is 14.7. The van der Waals surface area contributed by atoms with Crippen LogP contribution in [-0.4, -0.2) is 31.3 Å². The number of benzene rings is 1. The van der Waals surface area contributed by atoms with Crippen LogP contribution >= 0.6 is 0 Å². The number of hydrogen-bond acceptors (Lipinski definition) is 5. The maximum Gasteiger partial charge on any atom is 0.527 e. The van der Waals surface area contributed by atoms with Crippen LogP contribution in [0.4, 0.5) is 4.39 Å². The third-order valence-electron chi connectivity index (χ3n) is 3.60. The third-order valence-corrected chi connectivity index (χ3v) is 3.60. The summed E-state index contributed by atoms with van der Waals surface area (Å²) in [7, 11) is 1.98. The van der Waals surface area contributed by atoms with E-state index in [0.29, 0.717) is 29.0 Å². The Morgan fingerprint density at radius 1 is 1.17 bits per heavy atom. The van der Waals surface area contributed by atoms with Gasteiger partial charge in [-0.25, -0.2) is 9.37 Å². The first kappa shape index (κ1) is 15.4. The highest BCUT2D eigenvalue weighted by atomic mass is 19.1. The maximum atomic E-state index is 14.7. The summed E-state index contributed by atoms with van der Waals surface area (Å²) < 4.78 is 29.8. The van der Waals surface area contributed by atoms with Crippen molar-refractivity contribution in [2.45, 2.75) is 6.32 Å². The van der Waals surface area contributed by atoms with E-state index in [1.807, 2.05) is 0 Å². The van der Waals surface area contributed by atoms with Crippen LogP contribution < -0.4 is 9.47 Å². The number of methoxy groups -OCH3 is 2. The Labute approximate surface area is 133 Å². The van der Waals surface area contributed by atoms with Crippen molar-refractivity contribution in [3.8, 4) is 22.8 Å². The zero-order valence-electron chi connectivity index (χ0n) is 12.7. The van der Waals surface area contributed by atoms with Crippen molar-refractivity contribution in [1.29, 1.82) is 0 Å². The fourth-order valence-electron chi connectivity index (χ4n) is 2.46. The average Bonchev–Trinajstić information content (AvgIpc) is 3.01. The van der Waals surface area contributed by atoms with Gasteiger partial charge < -0.3 is 19.2 Å². The fourth-order valence-corrected chi connectivity index (χ4v) is 2.46. The van der Waals surface area contributed by atoms with E-state index >= 15 is 0 Å². The van der Waals surface area contributed by atoms with Gasteiger partial charge in [-0.1, -0.05) is 6.07 Å². The van der Waals surface area contributed by atoms with Crippen LogP contribution in [0.15, 0.2) is 36.6 Å². The van der Waals surface area contributed by atoms with Gasteiger partial charge in [-0.05, 0) is 24.3 Å². The van der Waals surface area contributed by atoms with Gasteiger partial charge in [-0.3, -0.25) is 0 Å². The van der Waals surface area contributed by atoms with Crippen molar-refractivity contribution in [2.24, 2.45) is 0 Å². The van der Waals surface area contributed by atoms with Crippen LogP contribution in [0.2, 0.25) is 6.32 Å². The van der Waals surface area contributed by atoms with Crippen LogP contribution in [0.25, 0.3) is 16.8 Å². The smallest absolute Gasteiger partial charge is 0.527 e. The monoisotopic (exact) mass is 315 g/mol. The van der Waals surface area contributed by atoms with E-state index in [2.05, 4.69) is 4.98 Å². The molecule has 118 valence electrons. The Morgan fingerprint density at radius 3 is 2.61 bits per heavy atom. The van der Waals surface area contributed by atoms with E-state index in [1.165, 1.54) is 20.5 Å². The van der Waals surface area contributed by atoms with Gasteiger partial charge in [-0.15, -0.1) is 0 Å². The van der Waals surface area contributed by atoms with Crippen LogP contribution in [-0.2, 0) is 4.65 Å². The summed E-state index contributed by atoms with van der Waals surface area (Å²) in [4.78, 5) is 4.46. The molecule has 1 N–H and O–H groups in total. The summed E-state index contributed by atoms with van der Waals surface area (Å²) >= 11 is 0. The minimum absolute atomic E-state index is 0.0380. The lowest BCUT2D eigenvalue weighted by atomic mass is 9.83. The Kier molecular flexibility index (Phi) is 4.21. The number of ether oxygens (including phenoxy) is 2. The van der Waals surface area contributed by atoms with Crippen LogP contribution in [0.1, 0.15) is 5.69 Å². The first-order valence-electron chi connectivity index (χ1n) is 7.05. The highest BCUT2D eigenvalue weighted by Crippen LogP contribution is 2.36. The highest BCUT2D eigenvalue weighted by Gasteiger charge is 2.25. The largest absolute Gasteiger partial charge is 0.541 e. The summed E-state index contributed by atoms with van der Waals surface area (Å²) in [6, 6.07) is 8.50. The van der Waals surface area contributed by atoms with Crippen molar-refractivity contribution in [2.75, 3.05) is 14.2 Å². The number of allylic oxidation sites excluding steroid dienone is 1. The predicted molar refractivity (Wildman–Crippen MR) is 84.6 cm³/mol. The number of pyridine rings is 1. The summed E-state index contributed by atoms with van der Waals surface area (Å²) in [5, 5.41) is 9.42. The van der Waals surface area contributed by atoms with Gasteiger partial charge in [0.05, 0.1) is 31.9 Å². The number of halogens is 1. The van der Waals surface area contributed by atoms with E-state index in [9.17, 15) is 9.41 Å². The van der Waals surface area contributed by atoms with E-state index in [4.69, 9.17) is 14.1 Å². The zero-order valence-corrected chi connectivity index (χ0v) is 12.7. The molecule has 0 radical (unpaired) electrons. The van der Waals surface area contributed by atoms with Gasteiger partial charge in [-0.2, -0.15) is 0 Å². The van der Waals surface area contributed by atoms with Crippen LogP contribution in [0, 0.1) is 5.82 Å². The number of aromatic nitrogens is 1. The summed E-state index contributed by atoms with van der Waals surface area (Å²) in [6.07, 6.45) is 1.83. The minimum Gasteiger partial charge on any atom is -0.541 e. The van der Waals surface area contributed by atoms with Crippen molar-refractivity contribution in [3.05, 3.63) is 48.1 Å². The predicted octanol–water partition coefficient (Wildman–Crippen LogP) is 2.76. The fraction of sp³-hybridized carbons (Fsp3) is 0.188. The molecule has 0 spiro atoms. The number of rotatable bonds is 4. The van der Waals surface area contributed by atoms with Gasteiger partial charge >= 0.3 is 7.12 Å². The Bertz CT molecular complexity index is 766. The van der Waals surface area contributed by atoms with Gasteiger partial charge in [0.15, 0.2) is 17.3 Å². The van der Waals surface area contributed by atoms with Crippen molar-refractivity contribution < 1.29 is 23.5 Å². The topological polar surface area (TPSA) is 60.8 Å². The Hall–Kier alpha value is -2.54. The number of nitrogens with zero attached hydrogens (tertiary/aromatic N) is 1. The second-order valence-electron chi connectivity index (χ2n) is 5.01. The molecule has 0 amide bonds. The summed E-state index contributed by atoms with van der Waals surface area (Å²) in [5.41, 5.74) is 2.17. The van der Waals surface area contributed by atoms with Crippen molar-refractivity contribution in [1.82, 2.24) is 4.98 Å². The van der Waals surface area contributed by atoms with Gasteiger partial charge in [0.25, 0.3) is 0 Å². The summed E-state index contributed by atoms with van der Waals surface area (Å²) in [6.45, 7) is 0. The lowest BCUT2D eigenvalue weighted by molar-refractivity contribution is 0.338. The van der Waals surface area contributed by atoms with Crippen molar-refractivity contribution >= 4 is 12.7 Å². The van der Waals surface area contributed by atoms with E-state index < -0.39 is 12.9 Å². The molecule has 0 saturated carbocycles. The Balaban J connectivity index is 2.03. The molecule has 7 heteroatoms. The standard InChI is InChI=1S/C16H15BFNO4/c1-21-14-7-6-11(15(18)16(14)22-2)13-5-3-4-12(19-13)10-8-17(20)23-9-10/h3-7,9,20H,8H2,1-2H3. The third kappa shape index (κ3) is 2.87. The number of hydrogen-bond donors (Lipinski definition) is 1. The van der Waals surface area contributed by atoms with Gasteiger partial charge in [0.1, 0.15) is 0 Å². The summed E-state index contributed by atoms with van der Waals surface area (Å²) in [5.74, 6) is -0.177. The minimum atomic E-state index is -0.853. The second-order valence-corrected chi connectivity index (χ2v) is 5.01. The molecule has 5 nitrogen and oxygen atoms in total. The van der Waals surface area contributed by atoms with Crippen LogP contribution in [0.5, 0.6) is 11.5 Å². The molecule has 0 unspecified atom stereocenters. The van der Waals surface area contributed by atoms with Crippen LogP contribution in [0.3, 0.4) is 0 Å². The van der Waals surface area contributed by atoms with E-state index in [0.717, 1.165) is 5.57 Å². The molecular formula is C16H15BFNO4. The van der Waals surface area contributed by atoms with Gasteiger partial charge in [0, 0.05) is 17.5 Å². The zero-order chi connectivity index (χ0) is 16.4. The lowest BCUT2D eigenvalue weighted by Crippen LogP contribution is -2.08. The molecule has 2 heterocycles. The van der Waals surface area contributed by atoms with Gasteiger partial charge in [0.2, 0.25) is 0 Å². The Morgan fingerprint density at radius 2 is 1.96 bits per heavy atom. The SMILES string of the molecule is COc1ccc(-c2cccc(C3=COB(O)C3)n2)c(F)c1OC. The highest BCUT2D eigenvalue weighted by molar-refractivity contribution is 6.47. The molecule has 3 rings (SSSR count). The quantitative estimate of drug-likeness (QED) is 0.879. The molecule has 0 fully saturated rings. The normalized spacial score (nSPS) is 13.6. The van der Waals surface area contributed by atoms with E-state index in [1.54, 1.807) is 30.3 Å². The molecule has 1 aromatic carbocycles. The molecule has 1 aliphatic heterocycles. The average molecular weight is 315 g/mol. The lowest BCUT2D eigenvalue weighted by Gasteiger charge is -2.12. The molecular weight excluding hydrogens is 300 g/mol. The first-order chi connectivity index (χ1) is 11.1. The molecule has 0 saturated heterocycles.